The van der Waals surface area contributed by atoms with Gasteiger partial charge in [0.1, 0.15) is 0 Å². The van der Waals surface area contributed by atoms with Crippen LogP contribution >= 0.6 is 0 Å². The van der Waals surface area contributed by atoms with Crippen LogP contribution in [0.15, 0.2) is 41.5 Å². The summed E-state index contributed by atoms with van der Waals surface area (Å²) in [5.41, 5.74) is 10.2. The molecule has 0 bridgehead atoms. The van der Waals surface area contributed by atoms with Crippen LogP contribution in [-0.4, -0.2) is 12.6 Å². The molecule has 0 aromatic heterocycles. The summed E-state index contributed by atoms with van der Waals surface area (Å²) in [6.45, 7) is 16.1. The Morgan fingerprint density at radius 2 is 1.65 bits per heavy atom. The number of hydrogen-bond donors (Lipinski definition) is 0. The average Bonchev–Trinajstić information content (AvgIpc) is 2.70. The van der Waals surface area contributed by atoms with Gasteiger partial charge >= 0.3 is 5.97 Å². The van der Waals surface area contributed by atoms with Crippen LogP contribution < -0.4 is 0 Å². The first-order valence-electron chi connectivity index (χ1n) is 12.0. The molecule has 1 aromatic rings. The van der Waals surface area contributed by atoms with Gasteiger partial charge in [-0.05, 0) is 109 Å². The van der Waals surface area contributed by atoms with Crippen molar-refractivity contribution >= 4 is 11.5 Å². The fourth-order valence-electron chi connectivity index (χ4n) is 5.12. The Bertz CT molecular complexity index is 938. The Kier molecular flexibility index (Phi) is 6.98. The molecule has 2 aliphatic carbocycles. The molecule has 0 spiro atoms. The molecule has 31 heavy (non-hydrogen) atoms. The Balaban J connectivity index is 2.04. The van der Waals surface area contributed by atoms with Crippen molar-refractivity contribution in [2.24, 2.45) is 0 Å². The molecule has 3 rings (SSSR count). The Hall–Kier alpha value is -2.09. The minimum atomic E-state index is -0.266. The number of allylic oxidation sites excluding steroid dienone is 5. The Morgan fingerprint density at radius 3 is 2.29 bits per heavy atom. The second-order valence-electron chi connectivity index (χ2n) is 10.7. The zero-order valence-electron chi connectivity index (χ0n) is 20.7. The van der Waals surface area contributed by atoms with Gasteiger partial charge < -0.3 is 4.74 Å². The highest BCUT2D eigenvalue weighted by Gasteiger charge is 2.37. The summed E-state index contributed by atoms with van der Waals surface area (Å²) in [5.74, 6) is -0.266. The van der Waals surface area contributed by atoms with Crippen molar-refractivity contribution in [2.45, 2.75) is 97.8 Å². The van der Waals surface area contributed by atoms with E-state index < -0.39 is 0 Å². The average molecular weight is 421 g/mol. The van der Waals surface area contributed by atoms with Gasteiger partial charge in [0.05, 0.1) is 6.61 Å². The maximum Gasteiger partial charge on any atom is 0.330 e. The van der Waals surface area contributed by atoms with Gasteiger partial charge in [0.2, 0.25) is 0 Å². The zero-order valence-corrected chi connectivity index (χ0v) is 20.7. The summed E-state index contributed by atoms with van der Waals surface area (Å²) in [6.07, 6.45) is 13.1. The van der Waals surface area contributed by atoms with Crippen molar-refractivity contribution in [1.29, 1.82) is 0 Å². The predicted octanol–water partition coefficient (Wildman–Crippen LogP) is 7.74. The van der Waals surface area contributed by atoms with Crippen LogP contribution in [0.5, 0.6) is 0 Å². The highest BCUT2D eigenvalue weighted by Crippen LogP contribution is 2.48. The molecular weight excluding hydrogens is 380 g/mol. The molecule has 0 saturated carbocycles. The van der Waals surface area contributed by atoms with Gasteiger partial charge in [0, 0.05) is 6.08 Å². The Labute approximate surface area is 189 Å². The molecule has 2 aliphatic rings. The molecule has 0 atom stereocenters. The third kappa shape index (κ3) is 5.22. The Morgan fingerprint density at radius 1 is 1.03 bits per heavy atom. The molecule has 0 heterocycles. The van der Waals surface area contributed by atoms with E-state index in [4.69, 9.17) is 4.74 Å². The lowest BCUT2D eigenvalue weighted by Crippen LogP contribution is -2.34. The summed E-state index contributed by atoms with van der Waals surface area (Å²) >= 11 is 0. The van der Waals surface area contributed by atoms with Gasteiger partial charge in [-0.2, -0.15) is 0 Å². The summed E-state index contributed by atoms with van der Waals surface area (Å²) in [7, 11) is 0. The third-order valence-corrected chi connectivity index (χ3v) is 7.21. The summed E-state index contributed by atoms with van der Waals surface area (Å²) in [6, 6.07) is 4.99. The predicted molar refractivity (Wildman–Crippen MR) is 131 cm³/mol. The number of hydrogen-bond acceptors (Lipinski definition) is 2. The SMILES string of the molecule is CCOC(=O)/C=C(C)/C=C/C1=C(c2cc3c(cc2C)C(C)(C)CCC3(C)C)CCCC1. The van der Waals surface area contributed by atoms with Crippen LogP contribution in [-0.2, 0) is 20.4 Å². The molecule has 0 amide bonds. The first-order valence-corrected chi connectivity index (χ1v) is 12.0. The standard InChI is InChI=1S/C29H40O2/c1-8-31-27(30)17-20(2)13-14-22-11-9-10-12-23(22)24-19-26-25(18-21(24)3)28(4,5)15-16-29(26,6)7/h13-14,17-19H,8-12,15-16H2,1-7H3/b14-13+,20-17+. The lowest BCUT2D eigenvalue weighted by Gasteiger charge is -2.42. The molecule has 2 nitrogen and oxygen atoms in total. The number of ether oxygens (including phenoxy) is 1. The van der Waals surface area contributed by atoms with Gasteiger partial charge in [0.15, 0.2) is 0 Å². The van der Waals surface area contributed by atoms with Crippen molar-refractivity contribution in [1.82, 2.24) is 0 Å². The molecule has 168 valence electrons. The van der Waals surface area contributed by atoms with Gasteiger partial charge in [-0.25, -0.2) is 4.79 Å². The van der Waals surface area contributed by atoms with Crippen LogP contribution in [0.2, 0.25) is 0 Å². The van der Waals surface area contributed by atoms with Gasteiger partial charge in [-0.15, -0.1) is 0 Å². The topological polar surface area (TPSA) is 26.3 Å². The molecule has 0 saturated heterocycles. The molecule has 2 heteroatoms. The number of rotatable bonds is 5. The van der Waals surface area contributed by atoms with Crippen LogP contribution in [0, 0.1) is 6.92 Å². The fraction of sp³-hybridized carbons (Fsp3) is 0.552. The molecule has 1 aromatic carbocycles. The van der Waals surface area contributed by atoms with Crippen LogP contribution in [0.3, 0.4) is 0 Å². The normalized spacial score (nSPS) is 20.7. The second-order valence-corrected chi connectivity index (χ2v) is 10.7. The molecule has 0 fully saturated rings. The molecule has 0 N–H and O–H groups in total. The van der Waals surface area contributed by atoms with E-state index >= 15 is 0 Å². The number of aryl methyl sites for hydroxylation is 1. The maximum atomic E-state index is 11.7. The van der Waals surface area contributed by atoms with E-state index in [1.165, 1.54) is 59.1 Å². The van der Waals surface area contributed by atoms with Crippen molar-refractivity contribution in [3.63, 3.8) is 0 Å². The zero-order chi connectivity index (χ0) is 22.8. The highest BCUT2D eigenvalue weighted by molar-refractivity contribution is 5.83. The van der Waals surface area contributed by atoms with Gasteiger partial charge in [0.25, 0.3) is 0 Å². The summed E-state index contributed by atoms with van der Waals surface area (Å²) < 4.78 is 5.04. The first kappa shape index (κ1) is 23.6. The number of carbonyl (C=O) groups excluding carboxylic acids is 1. The molecule has 0 radical (unpaired) electrons. The number of benzene rings is 1. The van der Waals surface area contributed by atoms with Crippen LogP contribution in [0.1, 0.15) is 102 Å². The quantitative estimate of drug-likeness (QED) is 0.277. The number of fused-ring (bicyclic) bond motifs is 1. The monoisotopic (exact) mass is 420 g/mol. The minimum Gasteiger partial charge on any atom is -0.463 e. The number of carbonyl (C=O) groups is 1. The largest absolute Gasteiger partial charge is 0.463 e. The first-order chi connectivity index (χ1) is 14.5. The fourth-order valence-corrected chi connectivity index (χ4v) is 5.12. The van der Waals surface area contributed by atoms with E-state index in [9.17, 15) is 4.79 Å². The van der Waals surface area contributed by atoms with Crippen LogP contribution in [0.4, 0.5) is 0 Å². The van der Waals surface area contributed by atoms with Crippen molar-refractivity contribution in [3.8, 4) is 0 Å². The second kappa shape index (κ2) is 9.18. The van der Waals surface area contributed by atoms with Gasteiger partial charge in [-0.3, -0.25) is 0 Å². The third-order valence-electron chi connectivity index (χ3n) is 7.21. The van der Waals surface area contributed by atoms with E-state index in [0.29, 0.717) is 6.61 Å². The smallest absolute Gasteiger partial charge is 0.330 e. The minimum absolute atomic E-state index is 0.220. The van der Waals surface area contributed by atoms with Crippen molar-refractivity contribution < 1.29 is 9.53 Å². The lowest BCUT2D eigenvalue weighted by atomic mass is 9.62. The summed E-state index contributed by atoms with van der Waals surface area (Å²) in [4.78, 5) is 11.7. The van der Waals surface area contributed by atoms with E-state index in [1.54, 1.807) is 6.08 Å². The van der Waals surface area contributed by atoms with E-state index in [-0.39, 0.29) is 16.8 Å². The van der Waals surface area contributed by atoms with Crippen molar-refractivity contribution in [2.75, 3.05) is 6.61 Å². The maximum absolute atomic E-state index is 11.7. The molecule has 0 unspecified atom stereocenters. The van der Waals surface area contributed by atoms with Gasteiger partial charge in [-0.1, -0.05) is 52.0 Å². The highest BCUT2D eigenvalue weighted by atomic mass is 16.5. The lowest BCUT2D eigenvalue weighted by molar-refractivity contribution is -0.137. The molecular formula is C29H40O2. The number of esters is 1. The van der Waals surface area contributed by atoms with E-state index in [0.717, 1.165) is 18.4 Å². The summed E-state index contributed by atoms with van der Waals surface area (Å²) in [5, 5.41) is 0. The molecule has 0 aliphatic heterocycles. The van der Waals surface area contributed by atoms with Crippen LogP contribution in [0.25, 0.3) is 5.57 Å². The van der Waals surface area contributed by atoms with E-state index in [1.807, 2.05) is 13.8 Å². The van der Waals surface area contributed by atoms with Crippen molar-refractivity contribution in [3.05, 3.63) is 63.8 Å². The van der Waals surface area contributed by atoms with E-state index in [2.05, 4.69) is 58.9 Å².